The zero-order valence-corrected chi connectivity index (χ0v) is 23.7. The topological polar surface area (TPSA) is 149 Å². The fraction of sp³-hybridized carbons (Fsp3) is 0.200. The molecule has 5 N–H and O–H groups in total. The van der Waals surface area contributed by atoms with Crippen molar-refractivity contribution in [1.29, 1.82) is 0 Å². The lowest BCUT2D eigenvalue weighted by Gasteiger charge is -2.29. The number of H-pyrrole nitrogens is 1. The SMILES string of the molecule is C=O.Cc1cc(Oc2c(F)cccc2F)ncc1-n1ncc(C(=O)c2cc3cc(OCC(F)F)c(NC4CNC4)cc3[nH]2)c1N. The van der Waals surface area contributed by atoms with Crippen LogP contribution in [0.5, 0.6) is 17.4 Å². The van der Waals surface area contributed by atoms with Gasteiger partial charge in [0.2, 0.25) is 17.4 Å². The standard InChI is InChI=1S/C29H25F4N7O3.CH2O/c1-14-5-26(43-28-18(30)3-2-4-19(28)31)36-12-23(14)40-29(34)17(11-37-40)27(41)22-6-15-7-24(42-13-25(32)33)21(8-20(15)39-22)38-16-9-35-10-16;1-2/h2-8,11-12,16,25,35,38-39H,9-10,13,34H2,1H3;1H2. The summed E-state index contributed by atoms with van der Waals surface area (Å²) in [5.41, 5.74) is 8.73. The van der Waals surface area contributed by atoms with Gasteiger partial charge in [0, 0.05) is 30.1 Å². The van der Waals surface area contributed by atoms with Crippen LogP contribution in [-0.2, 0) is 4.79 Å². The van der Waals surface area contributed by atoms with E-state index in [2.05, 4.69) is 25.7 Å². The molecular formula is C30H27F4N7O4. The Labute approximate surface area is 253 Å². The minimum atomic E-state index is -2.64. The number of rotatable bonds is 10. The predicted octanol–water partition coefficient (Wildman–Crippen LogP) is 4.78. The van der Waals surface area contributed by atoms with Crippen LogP contribution in [0, 0.1) is 18.6 Å². The molecule has 45 heavy (non-hydrogen) atoms. The number of nitrogens with two attached hydrogens (primary N) is 1. The van der Waals surface area contributed by atoms with Crippen LogP contribution in [0.2, 0.25) is 0 Å². The second kappa shape index (κ2) is 13.1. The maximum absolute atomic E-state index is 14.0. The molecule has 1 aliphatic rings. The summed E-state index contributed by atoms with van der Waals surface area (Å²) < 4.78 is 65.7. The van der Waals surface area contributed by atoms with Gasteiger partial charge in [0.1, 0.15) is 25.0 Å². The van der Waals surface area contributed by atoms with Crippen LogP contribution >= 0.6 is 0 Å². The van der Waals surface area contributed by atoms with Gasteiger partial charge >= 0.3 is 0 Å². The molecule has 0 atom stereocenters. The summed E-state index contributed by atoms with van der Waals surface area (Å²) in [7, 11) is 0. The number of ether oxygens (including phenoxy) is 2. The van der Waals surface area contributed by atoms with E-state index in [1.54, 1.807) is 25.1 Å². The lowest BCUT2D eigenvalue weighted by molar-refractivity contribution is -0.0980. The molecule has 0 spiro atoms. The number of carbonyl (C=O) groups excluding carboxylic acids is 2. The number of aromatic amines is 1. The van der Waals surface area contributed by atoms with Crippen LogP contribution in [-0.4, -0.2) is 64.5 Å². The summed E-state index contributed by atoms with van der Waals surface area (Å²) in [6.07, 6.45) is 0.0289. The number of aromatic nitrogens is 4. The summed E-state index contributed by atoms with van der Waals surface area (Å²) in [5.74, 6) is -2.55. The first-order valence-corrected chi connectivity index (χ1v) is 13.5. The quantitative estimate of drug-likeness (QED) is 0.127. The van der Waals surface area contributed by atoms with E-state index in [1.807, 2.05) is 6.79 Å². The fourth-order valence-corrected chi connectivity index (χ4v) is 4.63. The van der Waals surface area contributed by atoms with E-state index in [0.29, 0.717) is 27.8 Å². The highest BCUT2D eigenvalue weighted by Crippen LogP contribution is 2.33. The number of anilines is 2. The van der Waals surface area contributed by atoms with E-state index in [0.717, 1.165) is 25.2 Å². The molecular weight excluding hydrogens is 598 g/mol. The number of hydrogen-bond donors (Lipinski definition) is 4. The van der Waals surface area contributed by atoms with Crippen molar-refractivity contribution in [1.82, 2.24) is 25.1 Å². The number of hydrogen-bond acceptors (Lipinski definition) is 9. The molecule has 2 aromatic carbocycles. The molecule has 1 aliphatic heterocycles. The molecule has 15 heteroatoms. The number of carbonyl (C=O) groups is 2. The molecule has 4 heterocycles. The number of nitrogens with one attached hydrogen (secondary N) is 3. The largest absolute Gasteiger partial charge is 0.485 e. The summed E-state index contributed by atoms with van der Waals surface area (Å²) >= 11 is 0. The first-order valence-electron chi connectivity index (χ1n) is 13.5. The van der Waals surface area contributed by atoms with Crippen LogP contribution in [0.3, 0.4) is 0 Å². The van der Waals surface area contributed by atoms with Crippen LogP contribution in [0.4, 0.5) is 29.1 Å². The number of benzene rings is 2. The van der Waals surface area contributed by atoms with Crippen LogP contribution < -0.4 is 25.8 Å². The minimum Gasteiger partial charge on any atom is -0.485 e. The smallest absolute Gasteiger partial charge is 0.272 e. The monoisotopic (exact) mass is 625 g/mol. The zero-order valence-electron chi connectivity index (χ0n) is 23.7. The van der Waals surface area contributed by atoms with Gasteiger partial charge in [0.25, 0.3) is 6.43 Å². The zero-order chi connectivity index (χ0) is 32.2. The van der Waals surface area contributed by atoms with Crippen molar-refractivity contribution >= 4 is 35.0 Å². The lowest BCUT2D eigenvalue weighted by Crippen LogP contribution is -2.51. The number of aryl methyl sites for hydroxylation is 1. The third-order valence-corrected chi connectivity index (χ3v) is 6.93. The van der Waals surface area contributed by atoms with Gasteiger partial charge in [-0.1, -0.05) is 6.07 Å². The van der Waals surface area contributed by atoms with Crippen LogP contribution in [0.25, 0.3) is 16.6 Å². The Bertz CT molecular complexity index is 1840. The second-order valence-corrected chi connectivity index (χ2v) is 9.97. The minimum absolute atomic E-state index is 0.0307. The number of ketones is 1. The molecule has 0 unspecified atom stereocenters. The van der Waals surface area contributed by atoms with Crippen molar-refractivity contribution in [2.75, 3.05) is 30.7 Å². The van der Waals surface area contributed by atoms with E-state index in [1.165, 1.54) is 29.2 Å². The highest BCUT2D eigenvalue weighted by molar-refractivity contribution is 6.12. The molecule has 6 rings (SSSR count). The maximum atomic E-state index is 14.0. The number of nitrogen functional groups attached to an aromatic ring is 1. The Hall–Kier alpha value is -5.44. The number of halogens is 4. The average molecular weight is 626 g/mol. The molecule has 3 aromatic heterocycles. The van der Waals surface area contributed by atoms with Gasteiger partial charge in [-0.3, -0.25) is 4.79 Å². The Balaban J connectivity index is 0.00000196. The number of nitrogens with zero attached hydrogens (tertiary/aromatic N) is 3. The van der Waals surface area contributed by atoms with Crippen molar-refractivity contribution in [3.8, 4) is 23.1 Å². The van der Waals surface area contributed by atoms with Crippen molar-refractivity contribution < 1.29 is 36.6 Å². The average Bonchev–Trinajstić information content (AvgIpc) is 3.59. The molecule has 0 amide bonds. The molecule has 0 radical (unpaired) electrons. The van der Waals surface area contributed by atoms with Crippen molar-refractivity contribution in [3.63, 3.8) is 0 Å². The molecule has 5 aromatic rings. The molecule has 0 aliphatic carbocycles. The van der Waals surface area contributed by atoms with Gasteiger partial charge in [0.15, 0.2) is 11.6 Å². The molecule has 0 bridgehead atoms. The van der Waals surface area contributed by atoms with E-state index in [9.17, 15) is 22.4 Å². The van der Waals surface area contributed by atoms with Gasteiger partial charge in [-0.2, -0.15) is 5.10 Å². The van der Waals surface area contributed by atoms with Crippen LogP contribution in [0.15, 0.2) is 54.9 Å². The molecule has 1 saturated heterocycles. The molecule has 234 valence electrons. The van der Waals surface area contributed by atoms with E-state index < -0.39 is 36.2 Å². The Morgan fingerprint density at radius 1 is 1.16 bits per heavy atom. The Morgan fingerprint density at radius 2 is 1.89 bits per heavy atom. The van der Waals surface area contributed by atoms with Gasteiger partial charge in [-0.05, 0) is 42.8 Å². The van der Waals surface area contributed by atoms with Crippen molar-refractivity contribution in [2.24, 2.45) is 0 Å². The van der Waals surface area contributed by atoms with Gasteiger partial charge < -0.3 is 35.6 Å². The van der Waals surface area contributed by atoms with Gasteiger partial charge in [-0.25, -0.2) is 27.2 Å². The number of pyridine rings is 1. The molecule has 1 fully saturated rings. The number of para-hydroxylation sites is 1. The first kappa shape index (κ1) is 31.0. The third kappa shape index (κ3) is 6.43. The van der Waals surface area contributed by atoms with E-state index >= 15 is 0 Å². The highest BCUT2D eigenvalue weighted by atomic mass is 19.3. The number of alkyl halides is 2. The van der Waals surface area contributed by atoms with Crippen LogP contribution in [0.1, 0.15) is 21.6 Å². The fourth-order valence-electron chi connectivity index (χ4n) is 4.63. The first-order chi connectivity index (χ1) is 21.7. The van der Waals surface area contributed by atoms with E-state index in [-0.39, 0.29) is 34.7 Å². The lowest BCUT2D eigenvalue weighted by atomic mass is 10.1. The molecule has 11 nitrogen and oxygen atoms in total. The van der Waals surface area contributed by atoms with Crippen molar-refractivity contribution in [2.45, 2.75) is 19.4 Å². The number of fused-ring (bicyclic) bond motifs is 1. The maximum Gasteiger partial charge on any atom is 0.272 e. The summed E-state index contributed by atoms with van der Waals surface area (Å²) in [6, 6.07) is 9.82. The predicted molar refractivity (Wildman–Crippen MR) is 158 cm³/mol. The summed E-state index contributed by atoms with van der Waals surface area (Å²) in [5, 5.41) is 11.2. The third-order valence-electron chi connectivity index (χ3n) is 6.93. The second-order valence-electron chi connectivity index (χ2n) is 9.97. The Morgan fingerprint density at radius 3 is 2.53 bits per heavy atom. The van der Waals surface area contributed by atoms with Gasteiger partial charge in [0.05, 0.1) is 41.1 Å². The highest BCUT2D eigenvalue weighted by Gasteiger charge is 2.23. The normalized spacial score (nSPS) is 12.8. The van der Waals surface area contributed by atoms with E-state index in [4.69, 9.17) is 20.0 Å². The summed E-state index contributed by atoms with van der Waals surface area (Å²) in [4.78, 5) is 28.7. The molecule has 0 saturated carbocycles. The van der Waals surface area contributed by atoms with Gasteiger partial charge in [-0.15, -0.1) is 0 Å². The van der Waals surface area contributed by atoms with Crippen molar-refractivity contribution in [3.05, 3.63) is 83.3 Å². The Kier molecular flexibility index (Phi) is 8.99. The summed E-state index contributed by atoms with van der Waals surface area (Å²) in [6.45, 7) is 4.37.